The lowest BCUT2D eigenvalue weighted by Crippen LogP contribution is -2.37. The van der Waals surface area contributed by atoms with Crippen LogP contribution in [0.5, 0.6) is 5.75 Å². The standard InChI is InChI=1S/C25H34N2O6S2.C23H29FN2O5S2.C2H6/c1-2-32-22-10-8-21(9-11-22)19-27(20-23-7-6-18-33-23)35(30,31)25-14-12-24(13-15-25)34(28,29)26-16-4-3-5-17-26;24-20-8-6-19(7-9-20)17-26(18-21-5-4-16-31-21)33(29,30)23-12-10-22(11-13-23)32(27,28)25-14-2-1-3-15-25;1-2/h8-15,23H,2-7,16-20H2,1H3;6-13,21H,1-5,14-18H2;1-2H3. The molecule has 2 unspecified atom stereocenters. The Morgan fingerprint density at radius 3 is 1.21 bits per heavy atom. The van der Waals surface area contributed by atoms with Gasteiger partial charge in [0.2, 0.25) is 40.1 Å². The van der Waals surface area contributed by atoms with E-state index in [4.69, 9.17) is 14.2 Å². The van der Waals surface area contributed by atoms with Gasteiger partial charge in [-0.2, -0.15) is 17.2 Å². The van der Waals surface area contributed by atoms with Gasteiger partial charge in [-0.15, -0.1) is 0 Å². The van der Waals surface area contributed by atoms with Crippen LogP contribution in [-0.4, -0.2) is 122 Å². The van der Waals surface area contributed by atoms with Crippen LogP contribution in [0.15, 0.2) is 117 Å². The molecular formula is C50H69FN4O11S4. The molecule has 70 heavy (non-hydrogen) atoms. The second kappa shape index (κ2) is 25.7. The molecule has 0 aliphatic carbocycles. The molecule has 8 rings (SSSR count). The average Bonchev–Trinajstić information content (AvgIpc) is 4.12. The van der Waals surface area contributed by atoms with Crippen molar-refractivity contribution in [2.24, 2.45) is 0 Å². The molecule has 386 valence electrons. The van der Waals surface area contributed by atoms with Crippen molar-refractivity contribution < 1.29 is 52.3 Å². The third kappa shape index (κ3) is 14.4. The minimum absolute atomic E-state index is 0.0141. The van der Waals surface area contributed by atoms with Gasteiger partial charge >= 0.3 is 0 Å². The van der Waals surface area contributed by atoms with Crippen molar-refractivity contribution in [2.75, 3.05) is 59.1 Å². The molecule has 4 aromatic carbocycles. The third-order valence-corrected chi connectivity index (χ3v) is 20.0. The molecule has 4 aliphatic rings. The fraction of sp³-hybridized carbons (Fsp3) is 0.520. The molecule has 0 aromatic heterocycles. The zero-order valence-corrected chi connectivity index (χ0v) is 43.8. The van der Waals surface area contributed by atoms with Gasteiger partial charge in [0.1, 0.15) is 11.6 Å². The van der Waals surface area contributed by atoms with Crippen LogP contribution in [0.25, 0.3) is 0 Å². The zero-order valence-electron chi connectivity index (χ0n) is 40.5. The van der Waals surface area contributed by atoms with Crippen LogP contribution in [0.4, 0.5) is 4.39 Å². The predicted octanol–water partition coefficient (Wildman–Crippen LogP) is 8.03. The van der Waals surface area contributed by atoms with Gasteiger partial charge in [-0.3, -0.25) is 0 Å². The second-order valence-electron chi connectivity index (χ2n) is 17.4. The van der Waals surface area contributed by atoms with E-state index in [-0.39, 0.29) is 58.0 Å². The van der Waals surface area contributed by atoms with Gasteiger partial charge in [-0.05, 0) is 142 Å². The van der Waals surface area contributed by atoms with Crippen LogP contribution in [0, 0.1) is 5.82 Å². The van der Waals surface area contributed by atoms with Gasteiger partial charge in [0.15, 0.2) is 0 Å². The highest BCUT2D eigenvalue weighted by Gasteiger charge is 2.33. The van der Waals surface area contributed by atoms with E-state index in [2.05, 4.69) is 0 Å². The van der Waals surface area contributed by atoms with Crippen LogP contribution < -0.4 is 4.74 Å². The number of nitrogens with zero attached hydrogens (tertiary/aromatic N) is 4. The Morgan fingerprint density at radius 2 is 0.871 bits per heavy atom. The summed E-state index contributed by atoms with van der Waals surface area (Å²) in [4.78, 5) is 0.294. The maximum atomic E-state index is 13.6. The maximum Gasteiger partial charge on any atom is 0.243 e. The summed E-state index contributed by atoms with van der Waals surface area (Å²) in [6, 6.07) is 24.1. The highest BCUT2D eigenvalue weighted by atomic mass is 32.2. The van der Waals surface area contributed by atoms with E-state index in [1.54, 1.807) is 12.1 Å². The van der Waals surface area contributed by atoms with E-state index < -0.39 is 45.9 Å². The topological polar surface area (TPSA) is 177 Å². The van der Waals surface area contributed by atoms with Crippen molar-refractivity contribution in [3.05, 3.63) is 114 Å². The molecule has 4 fully saturated rings. The van der Waals surface area contributed by atoms with Crippen molar-refractivity contribution in [3.63, 3.8) is 0 Å². The molecule has 4 saturated heterocycles. The van der Waals surface area contributed by atoms with Crippen LogP contribution in [0.2, 0.25) is 0 Å². The highest BCUT2D eigenvalue weighted by Crippen LogP contribution is 2.29. The predicted molar refractivity (Wildman–Crippen MR) is 267 cm³/mol. The van der Waals surface area contributed by atoms with Crippen LogP contribution >= 0.6 is 0 Å². The van der Waals surface area contributed by atoms with Crippen molar-refractivity contribution in [1.82, 2.24) is 17.2 Å². The minimum Gasteiger partial charge on any atom is -0.494 e. The van der Waals surface area contributed by atoms with E-state index in [1.807, 2.05) is 45.0 Å². The molecule has 0 bridgehead atoms. The first-order valence-corrected chi connectivity index (χ1v) is 30.2. The van der Waals surface area contributed by atoms with Crippen molar-refractivity contribution in [2.45, 2.75) is 130 Å². The Hall–Kier alpha value is -3.83. The number of hydrogen-bond donors (Lipinski definition) is 0. The van der Waals surface area contributed by atoms with Gasteiger partial charge in [0.25, 0.3) is 0 Å². The lowest BCUT2D eigenvalue weighted by Gasteiger charge is -2.26. The summed E-state index contributed by atoms with van der Waals surface area (Å²) in [5.41, 5.74) is 1.49. The van der Waals surface area contributed by atoms with Gasteiger partial charge < -0.3 is 14.2 Å². The third-order valence-electron chi connectivity index (χ3n) is 12.6. The number of piperidine rings is 2. The van der Waals surface area contributed by atoms with Gasteiger partial charge in [-0.1, -0.05) is 51.0 Å². The van der Waals surface area contributed by atoms with Crippen LogP contribution in [0.1, 0.15) is 96.1 Å². The summed E-state index contributed by atoms with van der Waals surface area (Å²) in [6.07, 6.45) is 8.36. The van der Waals surface area contributed by atoms with E-state index in [9.17, 15) is 38.1 Å². The lowest BCUT2D eigenvalue weighted by molar-refractivity contribution is 0.0925. The first-order valence-electron chi connectivity index (χ1n) is 24.5. The second-order valence-corrected chi connectivity index (χ2v) is 25.2. The van der Waals surface area contributed by atoms with Gasteiger partial charge in [0.05, 0.1) is 38.4 Å². The Balaban J connectivity index is 0.000000222. The molecule has 0 radical (unpaired) electrons. The number of ether oxygens (including phenoxy) is 3. The Morgan fingerprint density at radius 1 is 0.514 bits per heavy atom. The van der Waals surface area contributed by atoms with Crippen LogP contribution in [-0.2, 0) is 62.7 Å². The molecule has 20 heteroatoms. The Kier molecular flexibility index (Phi) is 20.4. The SMILES string of the molecule is CC.CCOc1ccc(CN(CC2CCCO2)S(=O)(=O)c2ccc(S(=O)(=O)N3CCCCC3)cc2)cc1.O=S(=O)(c1ccc(S(=O)(=O)N(Cc2ccc(F)cc2)CC2CCCO2)cc1)N1CCCCC1. The zero-order chi connectivity index (χ0) is 50.4. The fourth-order valence-electron chi connectivity index (χ4n) is 8.76. The van der Waals surface area contributed by atoms with Crippen molar-refractivity contribution in [1.29, 1.82) is 0 Å². The number of sulfonamides is 4. The quantitative estimate of drug-likeness (QED) is 0.0943. The van der Waals surface area contributed by atoms with E-state index >= 15 is 0 Å². The molecule has 4 aromatic rings. The summed E-state index contributed by atoms with van der Waals surface area (Å²) >= 11 is 0. The molecule has 0 spiro atoms. The summed E-state index contributed by atoms with van der Waals surface area (Å²) in [5, 5.41) is 0. The van der Waals surface area contributed by atoms with Crippen molar-refractivity contribution >= 4 is 40.1 Å². The number of benzene rings is 4. The largest absolute Gasteiger partial charge is 0.494 e. The molecule has 4 aliphatic heterocycles. The Labute approximate surface area is 416 Å². The first-order chi connectivity index (χ1) is 33.6. The molecule has 0 N–H and O–H groups in total. The minimum atomic E-state index is -3.93. The average molecular weight is 1050 g/mol. The van der Waals surface area contributed by atoms with Gasteiger partial charge in [-0.25, -0.2) is 38.1 Å². The molecule has 15 nitrogen and oxygen atoms in total. The monoisotopic (exact) mass is 1050 g/mol. The van der Waals surface area contributed by atoms with E-state index in [0.717, 1.165) is 75.5 Å². The number of hydrogen-bond acceptors (Lipinski definition) is 11. The lowest BCUT2D eigenvalue weighted by atomic mass is 10.2. The smallest absolute Gasteiger partial charge is 0.243 e. The molecule has 0 amide bonds. The molecule has 4 heterocycles. The normalized spacial score (nSPS) is 19.6. The fourth-order valence-corrected chi connectivity index (χ4v) is 14.7. The molecule has 2 atom stereocenters. The highest BCUT2D eigenvalue weighted by molar-refractivity contribution is 7.90. The van der Waals surface area contributed by atoms with Gasteiger partial charge in [0, 0.05) is 65.6 Å². The van der Waals surface area contributed by atoms with E-state index in [0.29, 0.717) is 51.6 Å². The maximum absolute atomic E-state index is 13.6. The number of rotatable bonds is 18. The number of halogens is 1. The summed E-state index contributed by atoms with van der Waals surface area (Å²) in [6.45, 7) is 10.3. The summed E-state index contributed by atoms with van der Waals surface area (Å²) < 4.78 is 142. The molecular weight excluding hydrogens is 980 g/mol. The van der Waals surface area contributed by atoms with E-state index in [1.165, 1.54) is 77.9 Å². The first kappa shape index (κ1) is 55.5. The molecule has 0 saturated carbocycles. The summed E-state index contributed by atoms with van der Waals surface area (Å²) in [5.74, 6) is 0.341. The van der Waals surface area contributed by atoms with Crippen molar-refractivity contribution in [3.8, 4) is 5.75 Å². The summed E-state index contributed by atoms with van der Waals surface area (Å²) in [7, 11) is -15.1. The Bertz CT molecular complexity index is 2690. The van der Waals surface area contributed by atoms with Crippen LogP contribution in [0.3, 0.4) is 0 Å².